The summed E-state index contributed by atoms with van der Waals surface area (Å²) in [5.74, 6) is -3.25. The molecule has 3 amide bonds. The van der Waals surface area contributed by atoms with Crippen LogP contribution in [-0.4, -0.2) is 46.9 Å². The average molecular weight is 316 g/mol. The molecule has 9 heteroatoms. The molecule has 0 aliphatic heterocycles. The smallest absolute Gasteiger partial charge is 0.325 e. The third-order valence-corrected chi connectivity index (χ3v) is 3.06. The number of carboxylic acid groups (broad SMARTS) is 1. The van der Waals surface area contributed by atoms with Crippen LogP contribution in [0.5, 0.6) is 0 Å². The van der Waals surface area contributed by atoms with Gasteiger partial charge in [0.15, 0.2) is 0 Å². The second-order valence-electron chi connectivity index (χ2n) is 5.40. The predicted octanol–water partition coefficient (Wildman–Crippen LogP) is -1.69. The molecule has 0 spiro atoms. The molecule has 0 bridgehead atoms. The lowest BCUT2D eigenvalue weighted by molar-refractivity contribution is -0.141. The second-order valence-corrected chi connectivity index (χ2v) is 5.40. The minimum atomic E-state index is -1.22. The van der Waals surface area contributed by atoms with Gasteiger partial charge in [-0.25, -0.2) is 0 Å². The first-order valence-corrected chi connectivity index (χ1v) is 6.93. The van der Waals surface area contributed by atoms with E-state index in [1.54, 1.807) is 13.8 Å². The van der Waals surface area contributed by atoms with Crippen LogP contribution in [0.1, 0.15) is 33.6 Å². The fourth-order valence-corrected chi connectivity index (χ4v) is 1.50. The van der Waals surface area contributed by atoms with Crippen molar-refractivity contribution in [3.63, 3.8) is 0 Å². The van der Waals surface area contributed by atoms with Gasteiger partial charge in [-0.15, -0.1) is 0 Å². The largest absolute Gasteiger partial charge is 0.480 e. The van der Waals surface area contributed by atoms with E-state index in [9.17, 15) is 19.2 Å². The normalized spacial score (nSPS) is 14.8. The summed E-state index contributed by atoms with van der Waals surface area (Å²) in [5.41, 5.74) is 10.7. The highest BCUT2D eigenvalue weighted by molar-refractivity contribution is 5.92. The van der Waals surface area contributed by atoms with Gasteiger partial charge in [0.2, 0.25) is 17.7 Å². The first-order chi connectivity index (χ1) is 10.1. The maximum absolute atomic E-state index is 12.0. The van der Waals surface area contributed by atoms with Gasteiger partial charge in [0.1, 0.15) is 12.1 Å². The van der Waals surface area contributed by atoms with Crippen molar-refractivity contribution in [3.05, 3.63) is 0 Å². The van der Waals surface area contributed by atoms with Gasteiger partial charge in [-0.3, -0.25) is 19.2 Å². The van der Waals surface area contributed by atoms with E-state index in [0.29, 0.717) is 0 Å². The van der Waals surface area contributed by atoms with Crippen LogP contribution in [-0.2, 0) is 19.2 Å². The number of carboxylic acids is 1. The maximum atomic E-state index is 12.0. The first kappa shape index (κ1) is 19.8. The Bertz CT molecular complexity index is 438. The minimum absolute atomic E-state index is 0.0376. The third kappa shape index (κ3) is 7.02. The van der Waals surface area contributed by atoms with Gasteiger partial charge in [-0.05, 0) is 19.3 Å². The number of carbonyl (C=O) groups excluding carboxylic acids is 3. The van der Waals surface area contributed by atoms with Gasteiger partial charge in [0.05, 0.1) is 6.04 Å². The summed E-state index contributed by atoms with van der Waals surface area (Å²) in [7, 11) is 0. The number of amides is 3. The summed E-state index contributed by atoms with van der Waals surface area (Å²) in [5, 5.41) is 13.4. The molecule has 0 aromatic carbocycles. The number of hydrogen-bond donors (Lipinski definition) is 5. The van der Waals surface area contributed by atoms with Crippen molar-refractivity contribution in [2.24, 2.45) is 17.4 Å². The van der Waals surface area contributed by atoms with E-state index in [0.717, 1.165) is 0 Å². The fourth-order valence-electron chi connectivity index (χ4n) is 1.50. The first-order valence-electron chi connectivity index (χ1n) is 6.93. The van der Waals surface area contributed by atoms with Crippen molar-refractivity contribution in [1.29, 1.82) is 0 Å². The van der Waals surface area contributed by atoms with Gasteiger partial charge < -0.3 is 27.2 Å². The van der Waals surface area contributed by atoms with Crippen LogP contribution in [0.2, 0.25) is 0 Å². The van der Waals surface area contributed by atoms with E-state index < -0.39 is 41.8 Å². The Labute approximate surface area is 128 Å². The summed E-state index contributed by atoms with van der Waals surface area (Å²) in [4.78, 5) is 45.5. The van der Waals surface area contributed by atoms with Gasteiger partial charge in [0.25, 0.3) is 0 Å². The molecular formula is C13H24N4O5. The summed E-state index contributed by atoms with van der Waals surface area (Å²) in [6, 6.07) is -3.02. The summed E-state index contributed by atoms with van der Waals surface area (Å²) in [6.07, 6.45) is -0.166. The van der Waals surface area contributed by atoms with Crippen LogP contribution < -0.4 is 22.1 Å². The van der Waals surface area contributed by atoms with Crippen molar-refractivity contribution in [3.8, 4) is 0 Å². The molecule has 7 N–H and O–H groups in total. The van der Waals surface area contributed by atoms with Crippen LogP contribution in [0.4, 0.5) is 0 Å². The summed E-state index contributed by atoms with van der Waals surface area (Å²) >= 11 is 0. The van der Waals surface area contributed by atoms with Crippen molar-refractivity contribution in [1.82, 2.24) is 10.6 Å². The molecule has 0 unspecified atom stereocenters. The highest BCUT2D eigenvalue weighted by Gasteiger charge is 2.27. The van der Waals surface area contributed by atoms with Crippen molar-refractivity contribution in [2.45, 2.75) is 51.7 Å². The lowest BCUT2D eigenvalue weighted by Gasteiger charge is -2.22. The maximum Gasteiger partial charge on any atom is 0.325 e. The Hall–Kier alpha value is -2.16. The van der Waals surface area contributed by atoms with Crippen LogP contribution in [0.15, 0.2) is 0 Å². The minimum Gasteiger partial charge on any atom is -0.480 e. The number of aliphatic carboxylic acids is 1. The van der Waals surface area contributed by atoms with E-state index in [1.165, 1.54) is 6.92 Å². The Balaban J connectivity index is 4.88. The lowest BCUT2D eigenvalue weighted by atomic mass is 10.0. The number of carbonyl (C=O) groups is 4. The molecule has 0 aromatic heterocycles. The Morgan fingerprint density at radius 1 is 1.05 bits per heavy atom. The molecule has 22 heavy (non-hydrogen) atoms. The molecule has 0 aliphatic rings. The van der Waals surface area contributed by atoms with Crippen molar-refractivity contribution < 1.29 is 24.3 Å². The molecular weight excluding hydrogens is 292 g/mol. The summed E-state index contributed by atoms with van der Waals surface area (Å²) in [6.45, 7) is 4.78. The lowest BCUT2D eigenvalue weighted by Crippen LogP contribution is -2.55. The van der Waals surface area contributed by atoms with Crippen LogP contribution in [0, 0.1) is 5.92 Å². The second kappa shape index (κ2) is 8.98. The van der Waals surface area contributed by atoms with Crippen LogP contribution in [0.25, 0.3) is 0 Å². The topological polar surface area (TPSA) is 165 Å². The van der Waals surface area contributed by atoms with Gasteiger partial charge in [-0.2, -0.15) is 0 Å². The van der Waals surface area contributed by atoms with E-state index in [-0.39, 0.29) is 18.8 Å². The molecule has 0 radical (unpaired) electrons. The van der Waals surface area contributed by atoms with E-state index >= 15 is 0 Å². The zero-order valence-corrected chi connectivity index (χ0v) is 13.0. The van der Waals surface area contributed by atoms with Crippen LogP contribution in [0.3, 0.4) is 0 Å². The Morgan fingerprint density at radius 2 is 1.59 bits per heavy atom. The SMILES string of the molecule is CC(C)[C@H](N)C(=O)N[C@@H](CCC(N)=O)C(=O)N[C@@H](C)C(=O)O. The zero-order valence-electron chi connectivity index (χ0n) is 13.0. The Kier molecular flexibility index (Phi) is 8.10. The molecule has 3 atom stereocenters. The molecule has 0 rings (SSSR count). The number of rotatable bonds is 9. The van der Waals surface area contributed by atoms with Crippen molar-refractivity contribution in [2.75, 3.05) is 0 Å². The monoisotopic (exact) mass is 316 g/mol. The fraction of sp³-hybridized carbons (Fsp3) is 0.692. The van der Waals surface area contributed by atoms with Crippen molar-refractivity contribution >= 4 is 23.7 Å². The molecule has 0 saturated carbocycles. The number of hydrogen-bond acceptors (Lipinski definition) is 5. The molecule has 0 saturated heterocycles. The molecule has 126 valence electrons. The van der Waals surface area contributed by atoms with Gasteiger partial charge in [0, 0.05) is 6.42 Å². The predicted molar refractivity (Wildman–Crippen MR) is 78.4 cm³/mol. The van der Waals surface area contributed by atoms with E-state index in [2.05, 4.69) is 10.6 Å². The van der Waals surface area contributed by atoms with E-state index in [1.807, 2.05) is 0 Å². The molecule has 0 aromatic rings. The quantitative estimate of drug-likeness (QED) is 0.340. The average Bonchev–Trinajstić information content (AvgIpc) is 2.41. The standard InChI is InChI=1S/C13H24N4O5/c1-6(2)10(15)12(20)17-8(4-5-9(14)18)11(19)16-7(3)13(21)22/h6-8,10H,4-5,15H2,1-3H3,(H2,14,18)(H,16,19)(H,17,20)(H,21,22)/t7-,8-,10-/m0/s1. The van der Waals surface area contributed by atoms with Gasteiger partial charge in [-0.1, -0.05) is 13.8 Å². The highest BCUT2D eigenvalue weighted by Crippen LogP contribution is 2.03. The number of nitrogens with one attached hydrogen (secondary N) is 2. The summed E-state index contributed by atoms with van der Waals surface area (Å²) < 4.78 is 0. The molecule has 0 fully saturated rings. The number of nitrogens with two attached hydrogens (primary N) is 2. The number of primary amides is 1. The molecule has 0 heterocycles. The third-order valence-electron chi connectivity index (χ3n) is 3.06. The zero-order chi connectivity index (χ0) is 17.4. The molecule has 0 aliphatic carbocycles. The van der Waals surface area contributed by atoms with Crippen LogP contribution >= 0.6 is 0 Å². The highest BCUT2D eigenvalue weighted by atomic mass is 16.4. The Morgan fingerprint density at radius 3 is 2.00 bits per heavy atom. The van der Waals surface area contributed by atoms with Gasteiger partial charge >= 0.3 is 5.97 Å². The van der Waals surface area contributed by atoms with E-state index in [4.69, 9.17) is 16.6 Å². The molecule has 9 nitrogen and oxygen atoms in total.